The predicted molar refractivity (Wildman–Crippen MR) is 116 cm³/mol. The minimum absolute atomic E-state index is 0.0814. The first-order valence-electron chi connectivity index (χ1n) is 9.02. The Morgan fingerprint density at radius 2 is 2.03 bits per heavy atom. The molecule has 9 heteroatoms. The SMILES string of the molecule is Cc1ccc(NC(=O)CCS(=O)(=O)c2ccc3c(c2)NC(=O)C(C)CS3)cc1Cl. The quantitative estimate of drug-likeness (QED) is 0.711. The fourth-order valence-corrected chi connectivity index (χ4v) is 5.17. The zero-order chi connectivity index (χ0) is 21.2. The molecule has 1 heterocycles. The van der Waals surface area contributed by atoms with Crippen molar-refractivity contribution >= 4 is 56.4 Å². The van der Waals surface area contributed by atoms with Crippen LogP contribution in [0, 0.1) is 12.8 Å². The number of carbonyl (C=O) groups excluding carboxylic acids is 2. The van der Waals surface area contributed by atoms with Crippen molar-refractivity contribution in [3.05, 3.63) is 47.0 Å². The topological polar surface area (TPSA) is 92.3 Å². The molecule has 0 aromatic heterocycles. The largest absolute Gasteiger partial charge is 0.326 e. The lowest BCUT2D eigenvalue weighted by Crippen LogP contribution is -2.20. The van der Waals surface area contributed by atoms with Crippen molar-refractivity contribution in [2.24, 2.45) is 5.92 Å². The number of aryl methyl sites for hydroxylation is 1. The van der Waals surface area contributed by atoms with Crippen molar-refractivity contribution in [1.82, 2.24) is 0 Å². The summed E-state index contributed by atoms with van der Waals surface area (Å²) in [7, 11) is -3.69. The summed E-state index contributed by atoms with van der Waals surface area (Å²) in [6.07, 6.45) is -0.191. The Kier molecular flexibility index (Phi) is 6.55. The molecule has 0 saturated carbocycles. The Hall–Kier alpha value is -2.03. The summed E-state index contributed by atoms with van der Waals surface area (Å²) in [6, 6.07) is 9.78. The van der Waals surface area contributed by atoms with Crippen LogP contribution in [0.25, 0.3) is 0 Å². The van der Waals surface area contributed by atoms with Gasteiger partial charge in [0.05, 0.1) is 16.3 Å². The van der Waals surface area contributed by atoms with Gasteiger partial charge in [0, 0.05) is 33.7 Å². The summed E-state index contributed by atoms with van der Waals surface area (Å²) in [5.74, 6) is -0.419. The molecule has 2 amide bonds. The molecule has 2 aromatic rings. The molecule has 154 valence electrons. The molecule has 1 aliphatic heterocycles. The predicted octanol–water partition coefficient (Wildman–Crippen LogP) is 4.13. The fourth-order valence-electron chi connectivity index (χ4n) is 2.71. The molecule has 0 fully saturated rings. The highest BCUT2D eigenvalue weighted by Gasteiger charge is 2.23. The van der Waals surface area contributed by atoms with Crippen molar-refractivity contribution in [2.75, 3.05) is 22.1 Å². The van der Waals surface area contributed by atoms with Gasteiger partial charge in [0.25, 0.3) is 0 Å². The van der Waals surface area contributed by atoms with Crippen LogP contribution in [0.4, 0.5) is 11.4 Å². The molecule has 0 bridgehead atoms. The minimum Gasteiger partial charge on any atom is -0.326 e. The van der Waals surface area contributed by atoms with E-state index >= 15 is 0 Å². The second-order valence-electron chi connectivity index (χ2n) is 6.94. The van der Waals surface area contributed by atoms with E-state index in [9.17, 15) is 18.0 Å². The maximum atomic E-state index is 12.7. The molecule has 2 N–H and O–H groups in total. The van der Waals surface area contributed by atoms with Gasteiger partial charge in [-0.3, -0.25) is 9.59 Å². The lowest BCUT2D eigenvalue weighted by molar-refractivity contribution is -0.118. The van der Waals surface area contributed by atoms with Crippen LogP contribution in [0.5, 0.6) is 0 Å². The van der Waals surface area contributed by atoms with E-state index in [-0.39, 0.29) is 28.9 Å². The van der Waals surface area contributed by atoms with E-state index in [0.29, 0.717) is 22.2 Å². The first kappa shape index (κ1) is 21.7. The first-order valence-corrected chi connectivity index (χ1v) is 12.0. The Balaban J connectivity index is 1.68. The number of fused-ring (bicyclic) bond motifs is 1. The number of sulfone groups is 1. The van der Waals surface area contributed by atoms with Gasteiger partial charge in [-0.15, -0.1) is 11.8 Å². The van der Waals surface area contributed by atoms with Crippen LogP contribution >= 0.6 is 23.4 Å². The molecular weight excluding hydrogens is 432 g/mol. The number of carbonyl (C=O) groups is 2. The molecule has 0 saturated heterocycles. The molecule has 3 rings (SSSR count). The molecule has 29 heavy (non-hydrogen) atoms. The van der Waals surface area contributed by atoms with Gasteiger partial charge in [-0.25, -0.2) is 8.42 Å². The molecule has 6 nitrogen and oxygen atoms in total. The minimum atomic E-state index is -3.69. The maximum Gasteiger partial charge on any atom is 0.228 e. The Morgan fingerprint density at radius 3 is 2.76 bits per heavy atom. The highest BCUT2D eigenvalue weighted by Crippen LogP contribution is 2.34. The molecule has 1 aliphatic rings. The lowest BCUT2D eigenvalue weighted by atomic mass is 10.2. The number of thioether (sulfide) groups is 1. The summed E-state index contributed by atoms with van der Waals surface area (Å²) >= 11 is 7.55. The second kappa shape index (κ2) is 8.77. The van der Waals surface area contributed by atoms with Gasteiger partial charge in [-0.2, -0.15) is 0 Å². The van der Waals surface area contributed by atoms with Crippen molar-refractivity contribution in [3.8, 4) is 0 Å². The normalized spacial score (nSPS) is 16.5. The summed E-state index contributed by atoms with van der Waals surface area (Å²) in [5.41, 5.74) is 1.89. The molecule has 1 unspecified atom stereocenters. The number of benzene rings is 2. The molecule has 1 atom stereocenters. The molecule has 0 aliphatic carbocycles. The first-order chi connectivity index (χ1) is 13.7. The Labute approximate surface area is 179 Å². The van der Waals surface area contributed by atoms with Crippen LogP contribution < -0.4 is 10.6 Å². The third-order valence-electron chi connectivity index (χ3n) is 4.56. The van der Waals surface area contributed by atoms with Crippen LogP contribution in [0.1, 0.15) is 18.9 Å². The number of hydrogen-bond donors (Lipinski definition) is 2. The summed E-state index contributed by atoms with van der Waals surface area (Å²) in [6.45, 7) is 3.67. The van der Waals surface area contributed by atoms with Gasteiger partial charge in [0.1, 0.15) is 0 Å². The maximum absolute atomic E-state index is 12.7. The fraction of sp³-hybridized carbons (Fsp3) is 0.300. The number of nitrogens with one attached hydrogen (secondary N) is 2. The van der Waals surface area contributed by atoms with Gasteiger partial charge < -0.3 is 10.6 Å². The number of amides is 2. The zero-order valence-corrected chi connectivity index (χ0v) is 18.4. The van der Waals surface area contributed by atoms with E-state index in [1.54, 1.807) is 24.3 Å². The Morgan fingerprint density at radius 1 is 1.28 bits per heavy atom. The van der Waals surface area contributed by atoms with Gasteiger partial charge in [0.2, 0.25) is 11.8 Å². The van der Waals surface area contributed by atoms with Crippen LogP contribution in [0.3, 0.4) is 0 Å². The van der Waals surface area contributed by atoms with Crippen molar-refractivity contribution in [1.29, 1.82) is 0 Å². The van der Waals surface area contributed by atoms with Crippen LogP contribution in [0.2, 0.25) is 5.02 Å². The van der Waals surface area contributed by atoms with Gasteiger partial charge in [0.15, 0.2) is 9.84 Å². The molecule has 0 radical (unpaired) electrons. The summed E-state index contributed by atoms with van der Waals surface area (Å²) in [4.78, 5) is 25.1. The number of anilines is 2. The third kappa shape index (κ3) is 5.32. The highest BCUT2D eigenvalue weighted by atomic mass is 35.5. The highest BCUT2D eigenvalue weighted by molar-refractivity contribution is 7.99. The summed E-state index contributed by atoms with van der Waals surface area (Å²) in [5, 5.41) is 5.95. The van der Waals surface area contributed by atoms with Gasteiger partial charge >= 0.3 is 0 Å². The Bertz CT molecular complexity index is 1070. The molecule has 2 aromatic carbocycles. The van der Waals surface area contributed by atoms with E-state index in [1.165, 1.54) is 23.9 Å². The average molecular weight is 453 g/mol. The van der Waals surface area contributed by atoms with Crippen LogP contribution in [-0.4, -0.2) is 31.7 Å². The van der Waals surface area contributed by atoms with E-state index in [2.05, 4.69) is 10.6 Å². The monoisotopic (exact) mass is 452 g/mol. The van der Waals surface area contributed by atoms with Crippen molar-refractivity contribution in [2.45, 2.75) is 30.1 Å². The number of hydrogen-bond acceptors (Lipinski definition) is 5. The molecule has 0 spiro atoms. The number of halogens is 1. The zero-order valence-electron chi connectivity index (χ0n) is 16.0. The summed E-state index contributed by atoms with van der Waals surface area (Å²) < 4.78 is 25.4. The second-order valence-corrected chi connectivity index (χ2v) is 10.5. The van der Waals surface area contributed by atoms with Crippen LogP contribution in [-0.2, 0) is 19.4 Å². The van der Waals surface area contributed by atoms with E-state index in [1.807, 2.05) is 13.8 Å². The van der Waals surface area contributed by atoms with E-state index in [4.69, 9.17) is 11.6 Å². The van der Waals surface area contributed by atoms with Crippen molar-refractivity contribution < 1.29 is 18.0 Å². The average Bonchev–Trinajstić information content (AvgIpc) is 2.81. The van der Waals surface area contributed by atoms with Crippen LogP contribution in [0.15, 0.2) is 46.2 Å². The van der Waals surface area contributed by atoms with Gasteiger partial charge in [-0.1, -0.05) is 24.6 Å². The van der Waals surface area contributed by atoms with Crippen molar-refractivity contribution in [3.63, 3.8) is 0 Å². The third-order valence-corrected chi connectivity index (χ3v) is 8.01. The van der Waals surface area contributed by atoms with E-state index in [0.717, 1.165) is 10.5 Å². The van der Waals surface area contributed by atoms with E-state index < -0.39 is 15.7 Å². The standard InChI is InChI=1S/C20H21ClN2O4S2/c1-12-3-4-14(9-16(12)21)22-19(24)7-8-29(26,27)15-5-6-18-17(10-15)23-20(25)13(2)11-28-18/h3-6,9-10,13H,7-8,11H2,1-2H3,(H,22,24)(H,23,25). The molecular formula is C20H21ClN2O4S2. The number of rotatable bonds is 5. The smallest absolute Gasteiger partial charge is 0.228 e. The van der Waals surface area contributed by atoms with Gasteiger partial charge in [-0.05, 0) is 42.8 Å². The lowest BCUT2D eigenvalue weighted by Gasteiger charge is -2.11.